The van der Waals surface area contributed by atoms with Crippen LogP contribution >= 0.6 is 11.6 Å². The quantitative estimate of drug-likeness (QED) is 0.426. The Morgan fingerprint density at radius 1 is 1.03 bits per heavy atom. The van der Waals surface area contributed by atoms with E-state index in [4.69, 9.17) is 31.2 Å². The van der Waals surface area contributed by atoms with Gasteiger partial charge in [0.2, 0.25) is 5.88 Å². The van der Waals surface area contributed by atoms with Gasteiger partial charge in [-0.1, -0.05) is 29.8 Å². The van der Waals surface area contributed by atoms with Crippen molar-refractivity contribution in [1.82, 2.24) is 14.8 Å². The van der Waals surface area contributed by atoms with Gasteiger partial charge in [0.05, 0.1) is 18.2 Å². The standard InChI is InChI=1S/C24H22ClN3O2/c1-29-18-12-10-17(11-13-18)28-24(30-15-16-6-2-4-8-21(16)25)20-14-26-22-9-5-3-7-19(22)23(20)27-28/h2,4,6,8,10-14H,3,5,7,9,15H2,1H3. The first-order valence-electron chi connectivity index (χ1n) is 10.1. The number of hydrogen-bond acceptors (Lipinski definition) is 4. The number of fused-ring (bicyclic) bond motifs is 3. The lowest BCUT2D eigenvalue weighted by atomic mass is 9.95. The van der Waals surface area contributed by atoms with Crippen molar-refractivity contribution in [2.24, 2.45) is 0 Å². The highest BCUT2D eigenvalue weighted by Gasteiger charge is 2.22. The molecule has 0 unspecified atom stereocenters. The van der Waals surface area contributed by atoms with Crippen LogP contribution in [-0.4, -0.2) is 21.9 Å². The monoisotopic (exact) mass is 419 g/mol. The maximum atomic E-state index is 6.34. The SMILES string of the molecule is COc1ccc(-n2nc3c4c(ncc3c2OCc2ccccc2Cl)CCCC4)cc1. The summed E-state index contributed by atoms with van der Waals surface area (Å²) >= 11 is 6.34. The Labute approximate surface area is 180 Å². The van der Waals surface area contributed by atoms with E-state index in [2.05, 4.69) is 0 Å². The predicted molar refractivity (Wildman–Crippen MR) is 118 cm³/mol. The molecule has 30 heavy (non-hydrogen) atoms. The Hall–Kier alpha value is -3.05. The summed E-state index contributed by atoms with van der Waals surface area (Å²) in [5.41, 5.74) is 5.22. The molecule has 0 fully saturated rings. The minimum atomic E-state index is 0.355. The Morgan fingerprint density at radius 3 is 2.63 bits per heavy atom. The van der Waals surface area contributed by atoms with Crippen LogP contribution in [0.2, 0.25) is 5.02 Å². The average Bonchev–Trinajstić information content (AvgIpc) is 3.17. The molecule has 6 heteroatoms. The first-order chi connectivity index (χ1) is 14.7. The molecular formula is C24H22ClN3O2. The van der Waals surface area contributed by atoms with E-state index in [0.29, 0.717) is 17.5 Å². The molecule has 5 rings (SSSR count). The van der Waals surface area contributed by atoms with Gasteiger partial charge in [0.1, 0.15) is 17.9 Å². The maximum absolute atomic E-state index is 6.34. The fourth-order valence-corrected chi connectivity index (χ4v) is 4.17. The molecule has 0 radical (unpaired) electrons. The minimum Gasteiger partial charge on any atom is -0.497 e. The maximum Gasteiger partial charge on any atom is 0.226 e. The van der Waals surface area contributed by atoms with Gasteiger partial charge in [-0.25, -0.2) is 0 Å². The van der Waals surface area contributed by atoms with Gasteiger partial charge in [-0.3, -0.25) is 4.98 Å². The van der Waals surface area contributed by atoms with Crippen molar-refractivity contribution >= 4 is 22.5 Å². The molecule has 0 saturated carbocycles. The summed E-state index contributed by atoms with van der Waals surface area (Å²) in [7, 11) is 1.66. The second-order valence-corrected chi connectivity index (χ2v) is 7.86. The van der Waals surface area contributed by atoms with E-state index in [1.807, 2.05) is 59.4 Å². The molecule has 0 saturated heterocycles. The molecular weight excluding hydrogens is 398 g/mol. The van der Waals surface area contributed by atoms with Crippen molar-refractivity contribution in [2.75, 3.05) is 7.11 Å². The Morgan fingerprint density at radius 2 is 1.83 bits per heavy atom. The lowest BCUT2D eigenvalue weighted by Crippen LogP contribution is -2.05. The summed E-state index contributed by atoms with van der Waals surface area (Å²) in [5.74, 6) is 1.48. The summed E-state index contributed by atoms with van der Waals surface area (Å²) in [4.78, 5) is 4.74. The Bertz CT molecular complexity index is 1200. The molecule has 1 aliphatic carbocycles. The molecule has 0 amide bonds. The first kappa shape index (κ1) is 18.9. The zero-order valence-electron chi connectivity index (χ0n) is 16.8. The average molecular weight is 420 g/mol. The molecule has 1 aliphatic rings. The predicted octanol–water partition coefficient (Wildman–Crippen LogP) is 5.54. The van der Waals surface area contributed by atoms with Gasteiger partial charge in [-0.05, 0) is 56.0 Å². The van der Waals surface area contributed by atoms with Crippen LogP contribution in [0.4, 0.5) is 0 Å². The number of methoxy groups -OCH3 is 1. The topological polar surface area (TPSA) is 49.2 Å². The van der Waals surface area contributed by atoms with E-state index in [0.717, 1.165) is 46.4 Å². The fourth-order valence-electron chi connectivity index (χ4n) is 3.98. The molecule has 152 valence electrons. The fraction of sp³-hybridized carbons (Fsp3) is 0.250. The van der Waals surface area contributed by atoms with Crippen LogP contribution in [0.5, 0.6) is 11.6 Å². The Kier molecular flexibility index (Phi) is 5.05. The number of hydrogen-bond donors (Lipinski definition) is 0. The summed E-state index contributed by atoms with van der Waals surface area (Å²) < 4.78 is 13.5. The van der Waals surface area contributed by atoms with Gasteiger partial charge in [-0.15, -0.1) is 0 Å². The van der Waals surface area contributed by atoms with Gasteiger partial charge in [0, 0.05) is 28.0 Å². The second kappa shape index (κ2) is 8.00. The van der Waals surface area contributed by atoms with Crippen molar-refractivity contribution in [3.8, 4) is 17.3 Å². The summed E-state index contributed by atoms with van der Waals surface area (Å²) in [6, 6.07) is 15.5. The highest BCUT2D eigenvalue weighted by atomic mass is 35.5. The molecule has 5 nitrogen and oxygen atoms in total. The number of rotatable bonds is 5. The van der Waals surface area contributed by atoms with E-state index in [9.17, 15) is 0 Å². The Balaban J connectivity index is 1.62. The molecule has 0 spiro atoms. The van der Waals surface area contributed by atoms with E-state index in [1.54, 1.807) is 7.11 Å². The van der Waals surface area contributed by atoms with Gasteiger partial charge in [0.25, 0.3) is 0 Å². The van der Waals surface area contributed by atoms with E-state index in [-0.39, 0.29) is 0 Å². The van der Waals surface area contributed by atoms with Crippen molar-refractivity contribution in [1.29, 1.82) is 0 Å². The number of pyridine rings is 1. The van der Waals surface area contributed by atoms with Crippen LogP contribution in [0, 0.1) is 0 Å². The third kappa shape index (κ3) is 3.39. The number of aryl methyl sites for hydroxylation is 2. The second-order valence-electron chi connectivity index (χ2n) is 7.45. The number of benzene rings is 2. The lowest BCUT2D eigenvalue weighted by Gasteiger charge is -2.14. The summed E-state index contributed by atoms with van der Waals surface area (Å²) in [6.45, 7) is 0.355. The van der Waals surface area contributed by atoms with Gasteiger partial charge in [0.15, 0.2) is 0 Å². The number of ether oxygens (including phenoxy) is 2. The molecule has 0 aliphatic heterocycles. The van der Waals surface area contributed by atoms with Crippen LogP contribution in [0.3, 0.4) is 0 Å². The number of nitrogens with zero attached hydrogens (tertiary/aromatic N) is 3. The minimum absolute atomic E-state index is 0.355. The number of halogens is 1. The number of aromatic nitrogens is 3. The highest BCUT2D eigenvalue weighted by molar-refractivity contribution is 6.31. The zero-order chi connectivity index (χ0) is 20.5. The molecule has 0 N–H and O–H groups in total. The normalized spacial score (nSPS) is 13.3. The van der Waals surface area contributed by atoms with Crippen LogP contribution in [0.1, 0.15) is 29.7 Å². The van der Waals surface area contributed by atoms with Crippen LogP contribution in [-0.2, 0) is 19.4 Å². The van der Waals surface area contributed by atoms with Crippen LogP contribution in [0.15, 0.2) is 54.7 Å². The largest absolute Gasteiger partial charge is 0.497 e. The van der Waals surface area contributed by atoms with Crippen LogP contribution in [0.25, 0.3) is 16.6 Å². The van der Waals surface area contributed by atoms with Gasteiger partial charge >= 0.3 is 0 Å². The van der Waals surface area contributed by atoms with E-state index >= 15 is 0 Å². The molecule has 0 bridgehead atoms. The van der Waals surface area contributed by atoms with E-state index < -0.39 is 0 Å². The third-order valence-electron chi connectivity index (χ3n) is 5.59. The molecule has 4 aromatic rings. The van der Waals surface area contributed by atoms with E-state index in [1.165, 1.54) is 18.4 Å². The van der Waals surface area contributed by atoms with Crippen molar-refractivity contribution < 1.29 is 9.47 Å². The molecule has 2 aromatic carbocycles. The van der Waals surface area contributed by atoms with Crippen molar-refractivity contribution in [2.45, 2.75) is 32.3 Å². The van der Waals surface area contributed by atoms with Crippen molar-refractivity contribution in [3.63, 3.8) is 0 Å². The third-order valence-corrected chi connectivity index (χ3v) is 5.96. The van der Waals surface area contributed by atoms with Gasteiger partial charge < -0.3 is 9.47 Å². The van der Waals surface area contributed by atoms with Gasteiger partial charge in [-0.2, -0.15) is 9.78 Å². The summed E-state index contributed by atoms with van der Waals surface area (Å²) in [5, 5.41) is 6.58. The first-order valence-corrected chi connectivity index (χ1v) is 10.5. The molecule has 0 atom stereocenters. The summed E-state index contributed by atoms with van der Waals surface area (Å²) in [6.07, 6.45) is 6.26. The molecule has 2 aromatic heterocycles. The highest BCUT2D eigenvalue weighted by Crippen LogP contribution is 2.35. The lowest BCUT2D eigenvalue weighted by molar-refractivity contribution is 0.288. The molecule has 2 heterocycles. The zero-order valence-corrected chi connectivity index (χ0v) is 17.5. The van der Waals surface area contributed by atoms with Crippen LogP contribution < -0.4 is 9.47 Å². The van der Waals surface area contributed by atoms with Crippen molar-refractivity contribution in [3.05, 3.63) is 76.6 Å². The smallest absolute Gasteiger partial charge is 0.226 e.